The Morgan fingerprint density at radius 1 is 1.30 bits per heavy atom. The van der Waals surface area contributed by atoms with E-state index in [0.29, 0.717) is 11.6 Å². The van der Waals surface area contributed by atoms with E-state index in [1.54, 1.807) is 0 Å². The first-order chi connectivity index (χ1) is 11.0. The van der Waals surface area contributed by atoms with Crippen LogP contribution in [0.1, 0.15) is 43.0 Å². The van der Waals surface area contributed by atoms with Gasteiger partial charge in [0.05, 0.1) is 13.2 Å². The zero-order chi connectivity index (χ0) is 16.8. The number of hydrogen-bond acceptors (Lipinski definition) is 4. The lowest BCUT2D eigenvalue weighted by Crippen LogP contribution is -2.29. The molecule has 0 aromatic heterocycles. The number of carbonyl (C=O) groups excluding carboxylic acids is 1. The van der Waals surface area contributed by atoms with Gasteiger partial charge in [-0.1, -0.05) is 19.8 Å². The minimum Gasteiger partial charge on any atom is -0.496 e. The number of carboxylic acid groups (broad SMARTS) is 1. The summed E-state index contributed by atoms with van der Waals surface area (Å²) in [6.07, 6.45) is 4.64. The van der Waals surface area contributed by atoms with Crippen LogP contribution in [-0.4, -0.2) is 36.8 Å². The van der Waals surface area contributed by atoms with Crippen molar-refractivity contribution in [2.45, 2.75) is 38.7 Å². The van der Waals surface area contributed by atoms with Crippen LogP contribution in [0.3, 0.4) is 0 Å². The molecule has 2 unspecified atom stereocenters. The second kappa shape index (κ2) is 7.97. The number of amides is 1. The maximum absolute atomic E-state index is 12.0. The van der Waals surface area contributed by atoms with Crippen LogP contribution < -0.4 is 10.1 Å². The van der Waals surface area contributed by atoms with Gasteiger partial charge in [-0.15, -0.1) is 0 Å². The van der Waals surface area contributed by atoms with E-state index >= 15 is 0 Å². The topological polar surface area (TPSA) is 84.9 Å². The summed E-state index contributed by atoms with van der Waals surface area (Å²) in [5.74, 6) is -0.647. The zero-order valence-corrected chi connectivity index (χ0v) is 13.5. The predicted molar refractivity (Wildman–Crippen MR) is 86.0 cm³/mol. The van der Waals surface area contributed by atoms with Gasteiger partial charge >= 0.3 is 5.97 Å². The van der Waals surface area contributed by atoms with Gasteiger partial charge in [0.15, 0.2) is 0 Å². The van der Waals surface area contributed by atoms with Gasteiger partial charge in [-0.25, -0.2) is 4.79 Å². The molecule has 0 spiro atoms. The van der Waals surface area contributed by atoms with E-state index in [4.69, 9.17) is 14.6 Å². The van der Waals surface area contributed by atoms with Crippen molar-refractivity contribution in [3.05, 3.63) is 23.8 Å². The average molecular weight is 321 g/mol. The number of anilines is 1. The van der Waals surface area contributed by atoms with Crippen LogP contribution in [0.2, 0.25) is 0 Å². The van der Waals surface area contributed by atoms with Crippen LogP contribution in [-0.2, 0) is 9.53 Å². The Hall–Kier alpha value is -2.08. The fourth-order valence-electron chi connectivity index (χ4n) is 2.86. The smallest absolute Gasteiger partial charge is 0.339 e. The highest BCUT2D eigenvalue weighted by molar-refractivity contribution is 5.95. The lowest BCUT2D eigenvalue weighted by Gasteiger charge is -2.28. The molecule has 126 valence electrons. The predicted octanol–water partition coefficient (Wildman–Crippen LogP) is 2.93. The number of aromatic carboxylic acids is 1. The summed E-state index contributed by atoms with van der Waals surface area (Å²) in [6, 6.07) is 4.43. The quantitative estimate of drug-likeness (QED) is 0.841. The van der Waals surface area contributed by atoms with Crippen molar-refractivity contribution in [2.75, 3.05) is 19.0 Å². The van der Waals surface area contributed by atoms with Crippen molar-refractivity contribution >= 4 is 17.6 Å². The van der Waals surface area contributed by atoms with E-state index in [2.05, 4.69) is 12.2 Å². The molecule has 1 aliphatic carbocycles. The summed E-state index contributed by atoms with van der Waals surface area (Å²) in [6.45, 7) is 2.15. The summed E-state index contributed by atoms with van der Waals surface area (Å²) in [7, 11) is 1.39. The highest BCUT2D eigenvalue weighted by Gasteiger charge is 2.22. The first-order valence-electron chi connectivity index (χ1n) is 7.84. The van der Waals surface area contributed by atoms with Gasteiger partial charge in [0.25, 0.3) is 0 Å². The number of hydrogen-bond donors (Lipinski definition) is 2. The first kappa shape index (κ1) is 17.3. The molecule has 0 aliphatic heterocycles. The molecule has 1 aliphatic rings. The second-order valence-electron chi connectivity index (χ2n) is 5.88. The number of rotatable bonds is 6. The molecule has 23 heavy (non-hydrogen) atoms. The molecule has 0 radical (unpaired) electrons. The lowest BCUT2D eigenvalue weighted by molar-refractivity contribution is -0.124. The molecule has 1 saturated carbocycles. The minimum atomic E-state index is -1.07. The molecular formula is C17H23NO5. The molecule has 1 fully saturated rings. The van der Waals surface area contributed by atoms with Crippen LogP contribution >= 0.6 is 0 Å². The zero-order valence-electron chi connectivity index (χ0n) is 13.5. The third kappa shape index (κ3) is 4.69. The summed E-state index contributed by atoms with van der Waals surface area (Å²) in [5.41, 5.74) is 0.537. The van der Waals surface area contributed by atoms with Crippen molar-refractivity contribution in [2.24, 2.45) is 5.92 Å². The van der Waals surface area contributed by atoms with Gasteiger partial charge in [-0.2, -0.15) is 0 Å². The fraction of sp³-hybridized carbons (Fsp3) is 0.529. The Morgan fingerprint density at radius 3 is 2.70 bits per heavy atom. The molecule has 0 saturated heterocycles. The Bertz CT molecular complexity index is 572. The summed E-state index contributed by atoms with van der Waals surface area (Å²) in [4.78, 5) is 23.0. The SMILES string of the molecule is COc1cc(NC(=O)COC2CCCCC2C)ccc1C(=O)O. The molecule has 1 aromatic rings. The molecular weight excluding hydrogens is 298 g/mol. The Kier molecular flexibility index (Phi) is 5.98. The average Bonchev–Trinajstić information content (AvgIpc) is 2.53. The van der Waals surface area contributed by atoms with Crippen molar-refractivity contribution in [1.29, 1.82) is 0 Å². The maximum Gasteiger partial charge on any atom is 0.339 e. The lowest BCUT2D eigenvalue weighted by atomic mass is 9.88. The van der Waals surface area contributed by atoms with Crippen LogP contribution in [0.15, 0.2) is 18.2 Å². The van der Waals surface area contributed by atoms with Crippen molar-refractivity contribution < 1.29 is 24.2 Å². The van der Waals surface area contributed by atoms with Gasteiger partial charge in [0.1, 0.15) is 17.9 Å². The highest BCUT2D eigenvalue weighted by Crippen LogP contribution is 2.26. The first-order valence-corrected chi connectivity index (χ1v) is 7.84. The standard InChI is InChI=1S/C17H23NO5/c1-11-5-3-4-6-14(11)23-10-16(19)18-12-7-8-13(17(20)21)15(9-12)22-2/h7-9,11,14H,3-6,10H2,1-2H3,(H,18,19)(H,20,21). The van der Waals surface area contributed by atoms with Gasteiger partial charge in [-0.3, -0.25) is 4.79 Å². The molecule has 2 atom stereocenters. The minimum absolute atomic E-state index is 0.00198. The van der Waals surface area contributed by atoms with Crippen molar-refractivity contribution in [1.82, 2.24) is 0 Å². The molecule has 1 aromatic carbocycles. The molecule has 2 rings (SSSR count). The Morgan fingerprint density at radius 2 is 2.04 bits per heavy atom. The van der Waals surface area contributed by atoms with Crippen LogP contribution in [0, 0.1) is 5.92 Å². The van der Waals surface area contributed by atoms with E-state index in [9.17, 15) is 9.59 Å². The van der Waals surface area contributed by atoms with Gasteiger partial charge in [0, 0.05) is 11.8 Å². The summed E-state index contributed by atoms with van der Waals surface area (Å²) < 4.78 is 10.7. The van der Waals surface area contributed by atoms with E-state index < -0.39 is 5.97 Å². The van der Waals surface area contributed by atoms with E-state index in [1.807, 2.05) is 0 Å². The maximum atomic E-state index is 12.0. The van der Waals surface area contributed by atoms with Gasteiger partial charge in [-0.05, 0) is 30.9 Å². The normalized spacial score (nSPS) is 20.8. The van der Waals surface area contributed by atoms with Gasteiger partial charge < -0.3 is 19.9 Å². The summed E-state index contributed by atoms with van der Waals surface area (Å²) in [5, 5.41) is 11.7. The second-order valence-corrected chi connectivity index (χ2v) is 5.88. The molecule has 0 bridgehead atoms. The van der Waals surface area contributed by atoms with E-state index in [-0.39, 0.29) is 29.9 Å². The molecule has 1 amide bonds. The van der Waals surface area contributed by atoms with Crippen LogP contribution in [0.25, 0.3) is 0 Å². The van der Waals surface area contributed by atoms with Gasteiger partial charge in [0.2, 0.25) is 5.91 Å². The number of methoxy groups -OCH3 is 1. The Balaban J connectivity index is 1.91. The largest absolute Gasteiger partial charge is 0.496 e. The van der Waals surface area contributed by atoms with E-state index in [1.165, 1.54) is 31.7 Å². The number of benzene rings is 1. The highest BCUT2D eigenvalue weighted by atomic mass is 16.5. The number of carbonyl (C=O) groups is 2. The number of carboxylic acids is 1. The number of nitrogens with one attached hydrogen (secondary N) is 1. The number of ether oxygens (including phenoxy) is 2. The monoisotopic (exact) mass is 321 g/mol. The van der Waals surface area contributed by atoms with Crippen molar-refractivity contribution in [3.8, 4) is 5.75 Å². The molecule has 2 N–H and O–H groups in total. The molecule has 0 heterocycles. The fourth-order valence-corrected chi connectivity index (χ4v) is 2.86. The molecule has 6 heteroatoms. The van der Waals surface area contributed by atoms with Crippen LogP contribution in [0.5, 0.6) is 5.75 Å². The van der Waals surface area contributed by atoms with E-state index in [0.717, 1.165) is 19.3 Å². The summed E-state index contributed by atoms with van der Waals surface area (Å²) >= 11 is 0. The molecule has 6 nitrogen and oxygen atoms in total. The van der Waals surface area contributed by atoms with Crippen molar-refractivity contribution in [3.63, 3.8) is 0 Å². The Labute approximate surface area is 135 Å². The third-order valence-electron chi connectivity index (χ3n) is 4.18. The third-order valence-corrected chi connectivity index (χ3v) is 4.18. The van der Waals surface area contributed by atoms with Crippen LogP contribution in [0.4, 0.5) is 5.69 Å².